The highest BCUT2D eigenvalue weighted by Crippen LogP contribution is 2.46. The maximum atomic E-state index is 2.44. The summed E-state index contributed by atoms with van der Waals surface area (Å²) in [4.78, 5) is 2.44. The first kappa shape index (κ1) is 30.8. The van der Waals surface area contributed by atoms with Crippen LogP contribution in [0.4, 0.5) is 17.1 Å². The summed E-state index contributed by atoms with van der Waals surface area (Å²) in [6.07, 6.45) is 8.99. The number of thiophene rings is 1. The van der Waals surface area contributed by atoms with Gasteiger partial charge in [0.15, 0.2) is 0 Å². The molecule has 0 spiro atoms. The van der Waals surface area contributed by atoms with Crippen LogP contribution >= 0.6 is 11.3 Å². The molecule has 1 aliphatic carbocycles. The van der Waals surface area contributed by atoms with E-state index in [4.69, 9.17) is 0 Å². The second-order valence-corrected chi connectivity index (χ2v) is 15.0. The summed E-state index contributed by atoms with van der Waals surface area (Å²) < 4.78 is 2.65. The molecule has 244 valence electrons. The Bertz CT molecular complexity index is 2390. The van der Waals surface area contributed by atoms with E-state index in [1.54, 1.807) is 0 Å². The standard InChI is InChI=1S/C48H41NS/c1-2-11-32-48(33-12-3-1,37-16-5-4-6-17-37)38-24-28-40(29-25-38)49(41-30-31-45-44-19-9-10-21-46(44)50-47(45)34-41)39-26-22-36(23-27-39)43-20-13-15-35-14-7-8-18-42(35)43/h4-10,13-31,34H,1-3,11-12,32-33H2. The highest BCUT2D eigenvalue weighted by Gasteiger charge is 2.34. The Hall–Kier alpha value is -5.18. The molecule has 0 N–H and O–H groups in total. The lowest BCUT2D eigenvalue weighted by Gasteiger charge is -2.37. The number of hydrogen-bond donors (Lipinski definition) is 0. The molecule has 0 radical (unpaired) electrons. The lowest BCUT2D eigenvalue weighted by molar-refractivity contribution is 0.366. The summed E-state index contributed by atoms with van der Waals surface area (Å²) in [7, 11) is 0. The number of nitrogens with zero attached hydrogens (tertiary/aromatic N) is 1. The molecule has 1 aliphatic rings. The molecule has 0 atom stereocenters. The summed E-state index contributed by atoms with van der Waals surface area (Å²) in [6, 6.07) is 61.1. The topological polar surface area (TPSA) is 3.24 Å². The van der Waals surface area contributed by atoms with Crippen molar-refractivity contribution in [1.82, 2.24) is 0 Å². The molecule has 1 saturated carbocycles. The molecule has 2 heteroatoms. The third-order valence-corrected chi connectivity index (χ3v) is 12.2. The van der Waals surface area contributed by atoms with Crippen LogP contribution in [0.1, 0.15) is 56.1 Å². The van der Waals surface area contributed by atoms with Crippen molar-refractivity contribution in [1.29, 1.82) is 0 Å². The van der Waals surface area contributed by atoms with Gasteiger partial charge in [0.1, 0.15) is 0 Å². The van der Waals surface area contributed by atoms with E-state index < -0.39 is 0 Å². The van der Waals surface area contributed by atoms with Gasteiger partial charge >= 0.3 is 0 Å². The molecule has 50 heavy (non-hydrogen) atoms. The zero-order valence-corrected chi connectivity index (χ0v) is 29.2. The molecule has 0 saturated heterocycles. The molecule has 1 heterocycles. The first-order valence-electron chi connectivity index (χ1n) is 18.2. The first-order chi connectivity index (χ1) is 24.8. The molecule has 0 unspecified atom stereocenters. The Morgan fingerprint density at radius 1 is 0.420 bits per heavy atom. The van der Waals surface area contributed by atoms with Crippen LogP contribution < -0.4 is 4.90 Å². The fourth-order valence-electron chi connectivity index (χ4n) is 8.51. The van der Waals surface area contributed by atoms with Gasteiger partial charge in [-0.05, 0) is 88.3 Å². The summed E-state index contributed by atoms with van der Waals surface area (Å²) in [5.41, 5.74) is 8.98. The second kappa shape index (κ2) is 13.3. The second-order valence-electron chi connectivity index (χ2n) is 14.0. The van der Waals surface area contributed by atoms with Gasteiger partial charge in [0.05, 0.1) is 0 Å². The maximum absolute atomic E-state index is 2.44. The number of hydrogen-bond acceptors (Lipinski definition) is 2. The minimum Gasteiger partial charge on any atom is -0.310 e. The summed E-state index contributed by atoms with van der Waals surface area (Å²) in [5, 5.41) is 5.21. The van der Waals surface area contributed by atoms with E-state index in [0.29, 0.717) is 0 Å². The van der Waals surface area contributed by atoms with E-state index in [1.807, 2.05) is 11.3 Å². The average molecular weight is 664 g/mol. The van der Waals surface area contributed by atoms with Gasteiger partial charge in [-0.15, -0.1) is 11.3 Å². The summed E-state index contributed by atoms with van der Waals surface area (Å²) in [5.74, 6) is 0. The molecule has 0 bridgehead atoms. The van der Waals surface area contributed by atoms with Crippen LogP contribution in [0.5, 0.6) is 0 Å². The molecule has 9 rings (SSSR count). The van der Waals surface area contributed by atoms with Gasteiger partial charge in [-0.25, -0.2) is 0 Å². The Labute approximate surface area is 299 Å². The first-order valence-corrected chi connectivity index (χ1v) is 19.0. The van der Waals surface area contributed by atoms with Crippen molar-refractivity contribution >= 4 is 59.3 Å². The molecule has 0 amide bonds. The van der Waals surface area contributed by atoms with Crippen LogP contribution in [0.25, 0.3) is 42.1 Å². The van der Waals surface area contributed by atoms with Gasteiger partial charge in [-0.1, -0.05) is 153 Å². The lowest BCUT2D eigenvalue weighted by atomic mass is 9.67. The van der Waals surface area contributed by atoms with Gasteiger partial charge in [0, 0.05) is 42.6 Å². The molecule has 7 aromatic carbocycles. The van der Waals surface area contributed by atoms with Crippen LogP contribution in [0.2, 0.25) is 0 Å². The molecular formula is C48H41NS. The quantitative estimate of drug-likeness (QED) is 0.171. The van der Waals surface area contributed by atoms with Crippen molar-refractivity contribution in [3.8, 4) is 11.1 Å². The summed E-state index contributed by atoms with van der Waals surface area (Å²) >= 11 is 1.88. The van der Waals surface area contributed by atoms with Crippen molar-refractivity contribution in [3.05, 3.63) is 175 Å². The highest BCUT2D eigenvalue weighted by molar-refractivity contribution is 7.25. The van der Waals surface area contributed by atoms with E-state index in [9.17, 15) is 0 Å². The van der Waals surface area contributed by atoms with Crippen LogP contribution in [0.15, 0.2) is 164 Å². The Morgan fingerprint density at radius 3 is 1.78 bits per heavy atom. The molecule has 1 fully saturated rings. The van der Waals surface area contributed by atoms with Crippen molar-refractivity contribution < 1.29 is 0 Å². The summed E-state index contributed by atoms with van der Waals surface area (Å²) in [6.45, 7) is 0. The number of anilines is 3. The fraction of sp³-hybridized carbons (Fsp3) is 0.167. The van der Waals surface area contributed by atoms with Crippen molar-refractivity contribution in [2.75, 3.05) is 4.90 Å². The molecule has 8 aromatic rings. The zero-order valence-electron chi connectivity index (χ0n) is 28.4. The van der Waals surface area contributed by atoms with Gasteiger partial charge in [-0.3, -0.25) is 0 Å². The lowest BCUT2D eigenvalue weighted by Crippen LogP contribution is -2.29. The van der Waals surface area contributed by atoms with Crippen LogP contribution in [-0.4, -0.2) is 0 Å². The third-order valence-electron chi connectivity index (χ3n) is 11.1. The van der Waals surface area contributed by atoms with Crippen molar-refractivity contribution in [3.63, 3.8) is 0 Å². The fourth-order valence-corrected chi connectivity index (χ4v) is 9.65. The Kier molecular flexibility index (Phi) is 8.19. The van der Waals surface area contributed by atoms with Crippen molar-refractivity contribution in [2.45, 2.75) is 50.4 Å². The Morgan fingerprint density at radius 2 is 1.00 bits per heavy atom. The van der Waals surface area contributed by atoms with Crippen LogP contribution in [0, 0.1) is 0 Å². The van der Waals surface area contributed by atoms with Gasteiger partial charge in [0.25, 0.3) is 0 Å². The number of fused-ring (bicyclic) bond motifs is 4. The smallest absolute Gasteiger partial charge is 0.0476 e. The SMILES string of the molecule is c1ccc(C2(c3ccc(N(c4ccc(-c5cccc6ccccc56)cc4)c4ccc5c(c4)sc4ccccc45)cc3)CCCCCCC2)cc1. The largest absolute Gasteiger partial charge is 0.310 e. The average Bonchev–Trinajstić information content (AvgIpc) is 3.54. The molecule has 1 nitrogen and oxygen atoms in total. The third kappa shape index (κ3) is 5.58. The molecule has 1 aromatic heterocycles. The van der Waals surface area contributed by atoms with Gasteiger partial charge < -0.3 is 4.90 Å². The highest BCUT2D eigenvalue weighted by atomic mass is 32.1. The molecule has 0 aliphatic heterocycles. The van der Waals surface area contributed by atoms with Crippen LogP contribution in [0.3, 0.4) is 0 Å². The van der Waals surface area contributed by atoms with Crippen LogP contribution in [-0.2, 0) is 5.41 Å². The van der Waals surface area contributed by atoms with E-state index in [2.05, 4.69) is 169 Å². The van der Waals surface area contributed by atoms with E-state index in [1.165, 1.54) is 110 Å². The predicted molar refractivity (Wildman–Crippen MR) is 216 cm³/mol. The minimum absolute atomic E-state index is 0.0567. The monoisotopic (exact) mass is 663 g/mol. The zero-order chi connectivity index (χ0) is 33.3. The van der Waals surface area contributed by atoms with Gasteiger partial charge in [-0.2, -0.15) is 0 Å². The normalized spacial score (nSPS) is 14.8. The predicted octanol–water partition coefficient (Wildman–Crippen LogP) is 14.4. The van der Waals surface area contributed by atoms with Gasteiger partial charge in [0.2, 0.25) is 0 Å². The van der Waals surface area contributed by atoms with E-state index in [-0.39, 0.29) is 5.41 Å². The number of benzene rings is 7. The molecular weight excluding hydrogens is 623 g/mol. The minimum atomic E-state index is 0.0567. The van der Waals surface area contributed by atoms with Crippen molar-refractivity contribution in [2.24, 2.45) is 0 Å². The Balaban J connectivity index is 1.15. The van der Waals surface area contributed by atoms with E-state index >= 15 is 0 Å². The van der Waals surface area contributed by atoms with E-state index in [0.717, 1.165) is 5.69 Å². The number of rotatable bonds is 6. The maximum Gasteiger partial charge on any atom is 0.0476 e.